The van der Waals surface area contributed by atoms with Crippen LogP contribution in [-0.2, 0) is 6.54 Å². The van der Waals surface area contributed by atoms with Gasteiger partial charge >= 0.3 is 0 Å². The summed E-state index contributed by atoms with van der Waals surface area (Å²) in [6, 6.07) is 9.38. The first-order chi connectivity index (χ1) is 12.8. The molecule has 0 radical (unpaired) electrons. The Morgan fingerprint density at radius 3 is 2.65 bits per heavy atom. The largest absolute Gasteiger partial charge is 0.356 e. The van der Waals surface area contributed by atoms with Gasteiger partial charge in [-0.1, -0.05) is 12.1 Å². The van der Waals surface area contributed by atoms with E-state index >= 15 is 0 Å². The fraction of sp³-hybridized carbons (Fsp3) is 0.263. The lowest BCUT2D eigenvalue weighted by molar-refractivity contribution is 0.102. The van der Waals surface area contributed by atoms with Gasteiger partial charge in [0, 0.05) is 43.7 Å². The number of carbonyl (C=O) groups is 1. The Morgan fingerprint density at radius 1 is 1.12 bits per heavy atom. The van der Waals surface area contributed by atoms with Gasteiger partial charge in [0.2, 0.25) is 0 Å². The van der Waals surface area contributed by atoms with E-state index in [1.807, 2.05) is 41.1 Å². The maximum atomic E-state index is 12.5. The first-order valence-corrected chi connectivity index (χ1v) is 8.71. The third-order valence-corrected chi connectivity index (χ3v) is 4.46. The third kappa shape index (κ3) is 3.72. The van der Waals surface area contributed by atoms with E-state index in [0.717, 1.165) is 31.0 Å². The molecule has 0 unspecified atom stereocenters. The number of carbonyl (C=O) groups excluding carboxylic acids is 1. The molecule has 1 aromatic carbocycles. The number of benzene rings is 1. The summed E-state index contributed by atoms with van der Waals surface area (Å²) in [6.07, 6.45) is 9.28. The van der Waals surface area contributed by atoms with Gasteiger partial charge in [-0.15, -0.1) is 0 Å². The molecule has 0 aliphatic carbocycles. The molecule has 1 N–H and O–H groups in total. The van der Waals surface area contributed by atoms with Crippen molar-refractivity contribution in [2.45, 2.75) is 19.4 Å². The lowest BCUT2D eigenvalue weighted by atomic mass is 10.1. The fourth-order valence-corrected chi connectivity index (χ4v) is 3.08. The second-order valence-corrected chi connectivity index (χ2v) is 6.34. The molecule has 1 amide bonds. The van der Waals surface area contributed by atoms with Gasteiger partial charge in [0.15, 0.2) is 0 Å². The number of amides is 1. The summed E-state index contributed by atoms with van der Waals surface area (Å²) in [7, 11) is 0. The summed E-state index contributed by atoms with van der Waals surface area (Å²) in [4.78, 5) is 27.2. The molecule has 2 aromatic heterocycles. The van der Waals surface area contributed by atoms with Crippen LogP contribution in [0.4, 0.5) is 11.6 Å². The van der Waals surface area contributed by atoms with Crippen LogP contribution < -0.4 is 10.2 Å². The molecule has 1 saturated heterocycles. The molecule has 1 aliphatic heterocycles. The van der Waals surface area contributed by atoms with Crippen LogP contribution in [0, 0.1) is 0 Å². The van der Waals surface area contributed by atoms with E-state index < -0.39 is 0 Å². The van der Waals surface area contributed by atoms with Crippen molar-refractivity contribution in [3.8, 4) is 0 Å². The molecule has 0 bridgehead atoms. The average Bonchev–Trinajstić information content (AvgIpc) is 3.37. The highest BCUT2D eigenvalue weighted by molar-refractivity contribution is 6.03. The van der Waals surface area contributed by atoms with E-state index in [0.29, 0.717) is 11.4 Å². The van der Waals surface area contributed by atoms with Crippen molar-refractivity contribution >= 4 is 17.5 Å². The van der Waals surface area contributed by atoms with Crippen LogP contribution in [0.15, 0.2) is 55.4 Å². The Balaban J connectivity index is 1.42. The van der Waals surface area contributed by atoms with Crippen LogP contribution in [0.25, 0.3) is 0 Å². The minimum Gasteiger partial charge on any atom is -0.356 e. The molecule has 0 saturated carbocycles. The molecule has 3 heterocycles. The number of aromatic nitrogens is 4. The molecule has 1 aliphatic rings. The van der Waals surface area contributed by atoms with Crippen molar-refractivity contribution in [1.82, 2.24) is 19.5 Å². The Labute approximate surface area is 151 Å². The zero-order chi connectivity index (χ0) is 17.8. The van der Waals surface area contributed by atoms with E-state index in [-0.39, 0.29) is 5.91 Å². The smallest absolute Gasteiger partial charge is 0.256 e. The third-order valence-electron chi connectivity index (χ3n) is 4.46. The van der Waals surface area contributed by atoms with Crippen molar-refractivity contribution in [2.75, 3.05) is 23.3 Å². The van der Waals surface area contributed by atoms with Crippen LogP contribution >= 0.6 is 0 Å². The number of rotatable bonds is 5. The number of nitrogens with one attached hydrogen (secondary N) is 1. The molecular formula is C19H20N6O. The number of nitrogens with zero attached hydrogens (tertiary/aromatic N) is 5. The molecule has 7 heteroatoms. The van der Waals surface area contributed by atoms with E-state index in [1.54, 1.807) is 12.5 Å². The number of imidazole rings is 1. The van der Waals surface area contributed by atoms with Gasteiger partial charge in [0.1, 0.15) is 18.0 Å². The van der Waals surface area contributed by atoms with Gasteiger partial charge in [-0.05, 0) is 30.5 Å². The zero-order valence-corrected chi connectivity index (χ0v) is 14.4. The first-order valence-electron chi connectivity index (χ1n) is 8.71. The standard InChI is InChI=1S/C19H20N6O/c26-19(16-5-3-15(4-6-16)12-24-10-7-20-14-24)23-17-11-18(22-13-21-17)25-8-1-2-9-25/h3-7,10-11,13-14H,1-2,8-9,12H2,(H,21,22,23,26). The first kappa shape index (κ1) is 16.3. The van der Waals surface area contributed by atoms with E-state index in [1.165, 1.54) is 19.2 Å². The highest BCUT2D eigenvalue weighted by Gasteiger charge is 2.15. The zero-order valence-electron chi connectivity index (χ0n) is 14.4. The molecule has 26 heavy (non-hydrogen) atoms. The van der Waals surface area contributed by atoms with Crippen molar-refractivity contribution in [2.24, 2.45) is 0 Å². The van der Waals surface area contributed by atoms with E-state index in [2.05, 4.69) is 25.2 Å². The monoisotopic (exact) mass is 348 g/mol. The van der Waals surface area contributed by atoms with Crippen molar-refractivity contribution in [3.63, 3.8) is 0 Å². The average molecular weight is 348 g/mol. The molecule has 0 spiro atoms. The van der Waals surface area contributed by atoms with Crippen molar-refractivity contribution in [3.05, 3.63) is 66.5 Å². The Kier molecular flexibility index (Phi) is 4.59. The highest BCUT2D eigenvalue weighted by atomic mass is 16.1. The van der Waals surface area contributed by atoms with Gasteiger partial charge in [-0.25, -0.2) is 15.0 Å². The highest BCUT2D eigenvalue weighted by Crippen LogP contribution is 2.19. The SMILES string of the molecule is O=C(Nc1cc(N2CCCC2)ncn1)c1ccc(Cn2ccnc2)cc1. The summed E-state index contributed by atoms with van der Waals surface area (Å²) in [5.41, 5.74) is 1.71. The minimum absolute atomic E-state index is 0.176. The maximum absolute atomic E-state index is 12.5. The Morgan fingerprint density at radius 2 is 1.92 bits per heavy atom. The summed E-state index contributed by atoms with van der Waals surface area (Å²) in [5, 5.41) is 2.86. The Bertz CT molecular complexity index is 869. The molecular weight excluding hydrogens is 328 g/mol. The second-order valence-electron chi connectivity index (χ2n) is 6.34. The lowest BCUT2D eigenvalue weighted by Crippen LogP contribution is -2.20. The normalized spacial score (nSPS) is 13.8. The maximum Gasteiger partial charge on any atom is 0.256 e. The van der Waals surface area contributed by atoms with Crippen LogP contribution in [0.1, 0.15) is 28.8 Å². The predicted molar refractivity (Wildman–Crippen MR) is 99.2 cm³/mol. The summed E-state index contributed by atoms with van der Waals surface area (Å²) < 4.78 is 1.98. The molecule has 132 valence electrons. The van der Waals surface area contributed by atoms with Gasteiger partial charge in [-0.2, -0.15) is 0 Å². The van der Waals surface area contributed by atoms with Crippen LogP contribution in [0.2, 0.25) is 0 Å². The number of hydrogen-bond acceptors (Lipinski definition) is 5. The second kappa shape index (κ2) is 7.35. The summed E-state index contributed by atoms with van der Waals surface area (Å²) in [5.74, 6) is 1.21. The number of hydrogen-bond donors (Lipinski definition) is 1. The lowest BCUT2D eigenvalue weighted by Gasteiger charge is -2.16. The van der Waals surface area contributed by atoms with Gasteiger partial charge in [-0.3, -0.25) is 4.79 Å². The predicted octanol–water partition coefficient (Wildman–Crippen LogP) is 2.57. The summed E-state index contributed by atoms with van der Waals surface area (Å²) in [6.45, 7) is 2.73. The summed E-state index contributed by atoms with van der Waals surface area (Å²) >= 11 is 0. The molecule has 4 rings (SSSR count). The van der Waals surface area contributed by atoms with Crippen molar-refractivity contribution in [1.29, 1.82) is 0 Å². The van der Waals surface area contributed by atoms with Crippen molar-refractivity contribution < 1.29 is 4.79 Å². The van der Waals surface area contributed by atoms with Gasteiger partial charge < -0.3 is 14.8 Å². The topological polar surface area (TPSA) is 75.9 Å². The van der Waals surface area contributed by atoms with Crippen LogP contribution in [-0.4, -0.2) is 38.5 Å². The number of anilines is 2. The van der Waals surface area contributed by atoms with E-state index in [4.69, 9.17) is 0 Å². The van der Waals surface area contributed by atoms with E-state index in [9.17, 15) is 4.79 Å². The molecule has 0 atom stereocenters. The Hall–Kier alpha value is -3.22. The molecule has 1 fully saturated rings. The fourth-order valence-electron chi connectivity index (χ4n) is 3.08. The molecule has 7 nitrogen and oxygen atoms in total. The minimum atomic E-state index is -0.176. The van der Waals surface area contributed by atoms with Crippen LogP contribution in [0.5, 0.6) is 0 Å². The van der Waals surface area contributed by atoms with Gasteiger partial charge in [0.25, 0.3) is 5.91 Å². The van der Waals surface area contributed by atoms with Gasteiger partial charge in [0.05, 0.1) is 6.33 Å². The quantitative estimate of drug-likeness (QED) is 0.767. The molecule has 3 aromatic rings. The van der Waals surface area contributed by atoms with Crippen LogP contribution in [0.3, 0.4) is 0 Å².